The molecule has 110 valence electrons. The zero-order valence-electron chi connectivity index (χ0n) is 11.0. The molecule has 0 saturated carbocycles. The first-order chi connectivity index (χ1) is 9.29. The van der Waals surface area contributed by atoms with Crippen molar-refractivity contribution in [2.45, 2.75) is 24.9 Å². The molecule has 1 atom stereocenters. The van der Waals surface area contributed by atoms with Crippen LogP contribution in [0.2, 0.25) is 0 Å². The lowest BCUT2D eigenvalue weighted by Crippen LogP contribution is -2.22. The summed E-state index contributed by atoms with van der Waals surface area (Å²) < 4.78 is 39.2. The van der Waals surface area contributed by atoms with Gasteiger partial charge in [0.1, 0.15) is 5.52 Å². The van der Waals surface area contributed by atoms with Gasteiger partial charge in [0.05, 0.1) is 0 Å². The Kier molecular flexibility index (Phi) is 4.08. The van der Waals surface area contributed by atoms with Crippen molar-refractivity contribution in [3.05, 3.63) is 24.2 Å². The number of nitrogens with zero attached hydrogens (tertiary/aromatic N) is 4. The Morgan fingerprint density at radius 3 is 2.75 bits per heavy atom. The lowest BCUT2D eigenvalue weighted by molar-refractivity contribution is -0.141. The highest BCUT2D eigenvalue weighted by Crippen LogP contribution is 2.30. The van der Waals surface area contributed by atoms with Gasteiger partial charge >= 0.3 is 6.18 Å². The molecule has 2 rings (SSSR count). The minimum Gasteiger partial charge on any atom is -0.358 e. The molecule has 8 heteroatoms. The highest BCUT2D eigenvalue weighted by Gasteiger charge is 2.34. The van der Waals surface area contributed by atoms with Crippen LogP contribution in [0, 0.1) is 0 Å². The second kappa shape index (κ2) is 5.47. The quantitative estimate of drug-likeness (QED) is 0.813. The lowest BCUT2D eigenvalue weighted by atomic mass is 10.3. The van der Waals surface area contributed by atoms with Crippen molar-refractivity contribution in [3.8, 4) is 0 Å². The number of halogens is 4. The van der Waals surface area contributed by atoms with E-state index in [-0.39, 0.29) is 5.38 Å². The maximum Gasteiger partial charge on any atom is 0.435 e. The van der Waals surface area contributed by atoms with Gasteiger partial charge in [-0.2, -0.15) is 18.3 Å². The van der Waals surface area contributed by atoms with Crippen molar-refractivity contribution in [3.63, 3.8) is 0 Å². The Balaban J connectivity index is 2.36. The molecule has 0 radical (unpaired) electrons. The van der Waals surface area contributed by atoms with Crippen molar-refractivity contribution in [1.29, 1.82) is 0 Å². The second-order valence-electron chi connectivity index (χ2n) is 4.60. The van der Waals surface area contributed by atoms with Gasteiger partial charge in [-0.3, -0.25) is 0 Å². The number of fused-ring (bicyclic) bond motifs is 1. The zero-order chi connectivity index (χ0) is 14.9. The first kappa shape index (κ1) is 14.9. The fourth-order valence-electron chi connectivity index (χ4n) is 1.82. The van der Waals surface area contributed by atoms with Crippen LogP contribution < -0.4 is 4.90 Å². The molecule has 2 heterocycles. The predicted molar refractivity (Wildman–Crippen MR) is 71.2 cm³/mol. The number of alkyl halides is 4. The van der Waals surface area contributed by atoms with E-state index in [0.29, 0.717) is 24.3 Å². The second-order valence-corrected chi connectivity index (χ2v) is 5.34. The van der Waals surface area contributed by atoms with Gasteiger partial charge in [-0.05, 0) is 13.3 Å². The maximum absolute atomic E-state index is 12.7. The van der Waals surface area contributed by atoms with Gasteiger partial charge in [-0.25, -0.2) is 9.50 Å². The largest absolute Gasteiger partial charge is 0.435 e. The topological polar surface area (TPSA) is 33.4 Å². The molecule has 4 nitrogen and oxygen atoms in total. The smallest absolute Gasteiger partial charge is 0.358 e. The minimum absolute atomic E-state index is 0.00664. The Morgan fingerprint density at radius 1 is 1.45 bits per heavy atom. The molecule has 0 bridgehead atoms. The van der Waals surface area contributed by atoms with Crippen molar-refractivity contribution in [1.82, 2.24) is 14.6 Å². The van der Waals surface area contributed by atoms with E-state index in [0.717, 1.165) is 6.07 Å². The van der Waals surface area contributed by atoms with Crippen molar-refractivity contribution in [2.24, 2.45) is 0 Å². The molecule has 0 fully saturated rings. The summed E-state index contributed by atoms with van der Waals surface area (Å²) in [6.45, 7) is 2.47. The average Bonchev–Trinajstić information content (AvgIpc) is 2.79. The van der Waals surface area contributed by atoms with Crippen molar-refractivity contribution in [2.75, 3.05) is 18.5 Å². The summed E-state index contributed by atoms with van der Waals surface area (Å²) >= 11 is 5.88. The van der Waals surface area contributed by atoms with Gasteiger partial charge < -0.3 is 4.90 Å². The number of anilines is 1. The monoisotopic (exact) mass is 306 g/mol. The van der Waals surface area contributed by atoms with E-state index in [9.17, 15) is 13.2 Å². The number of hydrogen-bond acceptors (Lipinski definition) is 3. The highest BCUT2D eigenvalue weighted by molar-refractivity contribution is 6.20. The Morgan fingerprint density at radius 2 is 2.15 bits per heavy atom. The first-order valence-corrected chi connectivity index (χ1v) is 6.49. The Labute approximate surface area is 119 Å². The molecule has 1 unspecified atom stereocenters. The summed E-state index contributed by atoms with van der Waals surface area (Å²) in [6.07, 6.45) is -0.935. The van der Waals surface area contributed by atoms with Gasteiger partial charge in [0, 0.05) is 37.4 Å². The van der Waals surface area contributed by atoms with E-state index in [1.165, 1.54) is 16.9 Å². The zero-order valence-corrected chi connectivity index (χ0v) is 11.8. The van der Waals surface area contributed by atoms with Crippen LogP contribution in [0.3, 0.4) is 0 Å². The summed E-state index contributed by atoms with van der Waals surface area (Å²) in [5, 5.41) is 3.51. The van der Waals surface area contributed by atoms with Crippen LogP contribution >= 0.6 is 11.6 Å². The van der Waals surface area contributed by atoms with Gasteiger partial charge in [-0.15, -0.1) is 11.6 Å². The SMILES string of the molecule is CC(Cl)CCN(C)c1nccn2nc(C(F)(F)F)cc12. The Hall–Kier alpha value is -1.50. The molecule has 0 aliphatic rings. The molecule has 0 spiro atoms. The lowest BCUT2D eigenvalue weighted by Gasteiger charge is -2.19. The van der Waals surface area contributed by atoms with Crippen LogP contribution in [0.4, 0.5) is 19.0 Å². The van der Waals surface area contributed by atoms with Crippen LogP contribution in [0.5, 0.6) is 0 Å². The van der Waals surface area contributed by atoms with E-state index in [4.69, 9.17) is 11.6 Å². The Bertz CT molecular complexity index is 594. The molecule has 0 amide bonds. The van der Waals surface area contributed by atoms with Crippen LogP contribution in [-0.4, -0.2) is 33.6 Å². The number of hydrogen-bond donors (Lipinski definition) is 0. The van der Waals surface area contributed by atoms with Crippen molar-refractivity contribution >= 4 is 22.9 Å². The number of aromatic nitrogens is 3. The minimum atomic E-state index is -4.47. The molecule has 0 aliphatic heterocycles. The summed E-state index contributed by atoms with van der Waals surface area (Å²) in [5.74, 6) is 0.452. The fraction of sp³-hybridized carbons (Fsp3) is 0.500. The van der Waals surface area contributed by atoms with Gasteiger partial charge in [0.2, 0.25) is 0 Å². The maximum atomic E-state index is 12.7. The third kappa shape index (κ3) is 3.15. The third-order valence-corrected chi connectivity index (χ3v) is 3.10. The summed E-state index contributed by atoms with van der Waals surface area (Å²) in [4.78, 5) is 5.91. The van der Waals surface area contributed by atoms with Crippen LogP contribution in [0.25, 0.3) is 5.52 Å². The van der Waals surface area contributed by atoms with E-state index >= 15 is 0 Å². The third-order valence-electron chi connectivity index (χ3n) is 2.88. The number of rotatable bonds is 4. The molecule has 0 saturated heterocycles. The molecule has 0 N–H and O–H groups in total. The molecule has 0 aliphatic carbocycles. The standard InChI is InChI=1S/C12H14ClF3N4/c1-8(13)3-5-19(2)11-9-7-10(12(14,15)16)18-20(9)6-4-17-11/h4,6-8H,3,5H2,1-2H3. The molecule has 2 aromatic rings. The van der Waals surface area contributed by atoms with Crippen LogP contribution in [0.1, 0.15) is 19.0 Å². The van der Waals surface area contributed by atoms with E-state index in [1.807, 2.05) is 6.92 Å². The summed E-state index contributed by atoms with van der Waals surface area (Å²) in [5.41, 5.74) is -0.601. The van der Waals surface area contributed by atoms with E-state index in [2.05, 4.69) is 10.1 Å². The van der Waals surface area contributed by atoms with Gasteiger partial charge in [0.15, 0.2) is 11.5 Å². The normalized spacial score (nSPS) is 13.7. The van der Waals surface area contributed by atoms with Gasteiger partial charge in [0.25, 0.3) is 0 Å². The molecular weight excluding hydrogens is 293 g/mol. The summed E-state index contributed by atoms with van der Waals surface area (Å²) in [6, 6.07) is 1.00. The van der Waals surface area contributed by atoms with Crippen LogP contribution in [0.15, 0.2) is 18.5 Å². The molecule has 20 heavy (non-hydrogen) atoms. The molecule has 2 aromatic heterocycles. The van der Waals surface area contributed by atoms with E-state index in [1.54, 1.807) is 11.9 Å². The first-order valence-electron chi connectivity index (χ1n) is 6.06. The average molecular weight is 307 g/mol. The van der Waals surface area contributed by atoms with Crippen molar-refractivity contribution < 1.29 is 13.2 Å². The highest BCUT2D eigenvalue weighted by atomic mass is 35.5. The summed E-state index contributed by atoms with van der Waals surface area (Å²) in [7, 11) is 1.77. The fourth-order valence-corrected chi connectivity index (χ4v) is 1.92. The van der Waals surface area contributed by atoms with Gasteiger partial charge in [-0.1, -0.05) is 0 Å². The van der Waals surface area contributed by atoms with E-state index < -0.39 is 11.9 Å². The molecule has 0 aromatic carbocycles. The van der Waals surface area contributed by atoms with Crippen LogP contribution in [-0.2, 0) is 6.18 Å². The molecular formula is C12H14ClF3N4. The predicted octanol–water partition coefficient (Wildman–Crippen LogP) is 3.20.